The molecule has 5 nitrogen and oxygen atoms in total. The van der Waals surface area contributed by atoms with Crippen LogP contribution in [0.3, 0.4) is 0 Å². The van der Waals surface area contributed by atoms with Gasteiger partial charge in [-0.2, -0.15) is 0 Å². The SMILES string of the molecule is C=C(C)CN(CC)C(=O)COC(=O)Cc1csc(C)n1. The minimum Gasteiger partial charge on any atom is -0.455 e. The van der Waals surface area contributed by atoms with Crippen molar-refractivity contribution >= 4 is 23.2 Å². The number of rotatable bonds is 7. The highest BCUT2D eigenvalue weighted by Gasteiger charge is 2.15. The molecule has 0 aliphatic heterocycles. The second kappa shape index (κ2) is 7.79. The molecule has 0 fully saturated rings. The predicted molar refractivity (Wildman–Crippen MR) is 78.6 cm³/mol. The molecule has 6 heteroatoms. The summed E-state index contributed by atoms with van der Waals surface area (Å²) in [4.78, 5) is 29.3. The Labute approximate surface area is 123 Å². The van der Waals surface area contributed by atoms with Crippen molar-refractivity contribution in [1.29, 1.82) is 0 Å². The molecule has 0 aliphatic rings. The van der Waals surface area contributed by atoms with Gasteiger partial charge in [0.05, 0.1) is 17.1 Å². The smallest absolute Gasteiger partial charge is 0.312 e. The number of hydrogen-bond acceptors (Lipinski definition) is 5. The normalized spacial score (nSPS) is 10.2. The van der Waals surface area contributed by atoms with E-state index in [2.05, 4.69) is 11.6 Å². The van der Waals surface area contributed by atoms with Crippen molar-refractivity contribution in [3.05, 3.63) is 28.2 Å². The molecule has 0 bridgehead atoms. The van der Waals surface area contributed by atoms with Gasteiger partial charge in [0, 0.05) is 18.5 Å². The molecule has 0 N–H and O–H groups in total. The van der Waals surface area contributed by atoms with Crippen molar-refractivity contribution in [2.45, 2.75) is 27.2 Å². The van der Waals surface area contributed by atoms with Gasteiger partial charge in [-0.3, -0.25) is 9.59 Å². The third kappa shape index (κ3) is 5.52. The lowest BCUT2D eigenvalue weighted by molar-refractivity contribution is -0.151. The lowest BCUT2D eigenvalue weighted by Crippen LogP contribution is -2.35. The quantitative estimate of drug-likeness (QED) is 0.570. The minimum absolute atomic E-state index is 0.101. The van der Waals surface area contributed by atoms with E-state index in [1.54, 1.807) is 4.90 Å². The Balaban J connectivity index is 2.39. The summed E-state index contributed by atoms with van der Waals surface area (Å²) in [6, 6.07) is 0. The molecule has 1 heterocycles. The number of thiazole rings is 1. The molecule has 0 unspecified atom stereocenters. The van der Waals surface area contributed by atoms with Crippen LogP contribution in [0, 0.1) is 6.92 Å². The minimum atomic E-state index is -0.435. The fraction of sp³-hybridized carbons (Fsp3) is 0.500. The van der Waals surface area contributed by atoms with Gasteiger partial charge in [0.2, 0.25) is 0 Å². The van der Waals surface area contributed by atoms with Gasteiger partial charge in [-0.1, -0.05) is 12.2 Å². The van der Waals surface area contributed by atoms with Gasteiger partial charge in [0.1, 0.15) is 0 Å². The van der Waals surface area contributed by atoms with Crippen molar-refractivity contribution in [2.75, 3.05) is 19.7 Å². The largest absolute Gasteiger partial charge is 0.455 e. The molecule has 0 spiro atoms. The van der Waals surface area contributed by atoms with Crippen LogP contribution in [0.5, 0.6) is 0 Å². The number of aromatic nitrogens is 1. The molecule has 0 atom stereocenters. The maximum atomic E-state index is 11.9. The van der Waals surface area contributed by atoms with Crippen molar-refractivity contribution in [3.8, 4) is 0 Å². The van der Waals surface area contributed by atoms with Gasteiger partial charge in [-0.05, 0) is 20.8 Å². The van der Waals surface area contributed by atoms with E-state index in [-0.39, 0.29) is 18.9 Å². The second-order valence-corrected chi connectivity index (χ2v) is 5.62. The second-order valence-electron chi connectivity index (χ2n) is 4.56. The van der Waals surface area contributed by atoms with E-state index in [4.69, 9.17) is 4.74 Å². The molecule has 1 aromatic rings. The molecule has 1 rings (SSSR count). The number of carbonyl (C=O) groups excluding carboxylic acids is 2. The third-order valence-electron chi connectivity index (χ3n) is 2.54. The van der Waals surface area contributed by atoms with Crippen LogP contribution in [0.25, 0.3) is 0 Å². The van der Waals surface area contributed by atoms with E-state index < -0.39 is 5.97 Å². The van der Waals surface area contributed by atoms with Crippen LogP contribution in [0.15, 0.2) is 17.5 Å². The van der Waals surface area contributed by atoms with Gasteiger partial charge < -0.3 is 9.64 Å². The summed E-state index contributed by atoms with van der Waals surface area (Å²) < 4.78 is 4.99. The number of amides is 1. The van der Waals surface area contributed by atoms with Crippen LogP contribution in [-0.2, 0) is 20.7 Å². The summed E-state index contributed by atoms with van der Waals surface area (Å²) in [5.41, 5.74) is 1.57. The highest BCUT2D eigenvalue weighted by Crippen LogP contribution is 2.09. The number of aryl methyl sites for hydroxylation is 1. The Morgan fingerprint density at radius 2 is 2.20 bits per heavy atom. The maximum Gasteiger partial charge on any atom is 0.312 e. The molecule has 110 valence electrons. The van der Waals surface area contributed by atoms with Crippen LogP contribution < -0.4 is 0 Å². The zero-order valence-corrected chi connectivity index (χ0v) is 13.0. The van der Waals surface area contributed by atoms with Crippen LogP contribution >= 0.6 is 11.3 Å². The van der Waals surface area contributed by atoms with Gasteiger partial charge >= 0.3 is 5.97 Å². The average Bonchev–Trinajstić information content (AvgIpc) is 2.78. The standard InChI is InChI=1S/C14H20N2O3S/c1-5-16(7-10(2)3)13(17)8-19-14(18)6-12-9-20-11(4)15-12/h9H,2,5-8H2,1,3-4H3. The van der Waals surface area contributed by atoms with Gasteiger partial charge in [0.15, 0.2) is 6.61 Å². The lowest BCUT2D eigenvalue weighted by Gasteiger charge is -2.20. The van der Waals surface area contributed by atoms with E-state index in [0.29, 0.717) is 18.8 Å². The molecule has 0 aliphatic carbocycles. The average molecular weight is 296 g/mol. The van der Waals surface area contributed by atoms with Crippen LogP contribution in [0.1, 0.15) is 24.5 Å². The fourth-order valence-electron chi connectivity index (χ4n) is 1.62. The molecule has 20 heavy (non-hydrogen) atoms. The van der Waals surface area contributed by atoms with Crippen molar-refractivity contribution in [1.82, 2.24) is 9.88 Å². The number of likely N-dealkylation sites (N-methyl/N-ethyl adjacent to an activating group) is 1. The van der Waals surface area contributed by atoms with Gasteiger partial charge in [-0.25, -0.2) is 4.98 Å². The maximum absolute atomic E-state index is 11.9. The summed E-state index contributed by atoms with van der Waals surface area (Å²) in [7, 11) is 0. The fourth-order valence-corrected chi connectivity index (χ4v) is 2.24. The zero-order chi connectivity index (χ0) is 15.1. The first-order valence-electron chi connectivity index (χ1n) is 6.41. The monoisotopic (exact) mass is 296 g/mol. The number of nitrogens with zero attached hydrogens (tertiary/aromatic N) is 2. The first-order chi connectivity index (χ1) is 9.42. The number of carbonyl (C=O) groups is 2. The number of hydrogen-bond donors (Lipinski definition) is 0. The summed E-state index contributed by atoms with van der Waals surface area (Å²) in [5.74, 6) is -0.645. The Bertz CT molecular complexity index is 496. The van der Waals surface area contributed by atoms with E-state index in [0.717, 1.165) is 10.6 Å². The number of ether oxygens (including phenoxy) is 1. The Morgan fingerprint density at radius 1 is 1.50 bits per heavy atom. The van der Waals surface area contributed by atoms with E-state index in [1.807, 2.05) is 26.2 Å². The summed E-state index contributed by atoms with van der Waals surface area (Å²) >= 11 is 1.48. The summed E-state index contributed by atoms with van der Waals surface area (Å²) in [6.45, 7) is 10.2. The van der Waals surface area contributed by atoms with Crippen molar-refractivity contribution in [2.24, 2.45) is 0 Å². The van der Waals surface area contributed by atoms with Crippen LogP contribution in [0.4, 0.5) is 0 Å². The molecule has 0 saturated carbocycles. The van der Waals surface area contributed by atoms with Gasteiger partial charge in [0.25, 0.3) is 5.91 Å². The van der Waals surface area contributed by atoms with Gasteiger partial charge in [-0.15, -0.1) is 11.3 Å². The van der Waals surface area contributed by atoms with Crippen LogP contribution in [0.2, 0.25) is 0 Å². The van der Waals surface area contributed by atoms with Crippen molar-refractivity contribution < 1.29 is 14.3 Å². The Morgan fingerprint density at radius 3 is 2.70 bits per heavy atom. The predicted octanol–water partition coefficient (Wildman–Crippen LogP) is 1.96. The first-order valence-corrected chi connectivity index (χ1v) is 7.29. The topological polar surface area (TPSA) is 59.5 Å². The molecular formula is C14H20N2O3S. The zero-order valence-electron chi connectivity index (χ0n) is 12.1. The summed E-state index contributed by atoms with van der Waals surface area (Å²) in [6.07, 6.45) is 0.101. The Hall–Kier alpha value is -1.69. The molecular weight excluding hydrogens is 276 g/mol. The molecule has 0 saturated heterocycles. The van der Waals surface area contributed by atoms with Crippen molar-refractivity contribution in [3.63, 3.8) is 0 Å². The van der Waals surface area contributed by atoms with E-state index in [1.165, 1.54) is 11.3 Å². The van der Waals surface area contributed by atoms with Crippen LogP contribution in [-0.4, -0.2) is 41.5 Å². The highest BCUT2D eigenvalue weighted by molar-refractivity contribution is 7.09. The number of esters is 1. The molecule has 1 aromatic heterocycles. The summed E-state index contributed by atoms with van der Waals surface area (Å²) in [5, 5.41) is 2.72. The molecule has 0 aromatic carbocycles. The Kier molecular flexibility index (Phi) is 6.38. The molecule has 0 radical (unpaired) electrons. The van der Waals surface area contributed by atoms with E-state index in [9.17, 15) is 9.59 Å². The highest BCUT2D eigenvalue weighted by atomic mass is 32.1. The first kappa shape index (κ1) is 16.4. The third-order valence-corrected chi connectivity index (χ3v) is 3.37. The lowest BCUT2D eigenvalue weighted by atomic mass is 10.3. The molecule has 1 amide bonds. The van der Waals surface area contributed by atoms with E-state index >= 15 is 0 Å².